The summed E-state index contributed by atoms with van der Waals surface area (Å²) in [5, 5.41) is 8.35. The average molecular weight is 126 g/mol. The lowest BCUT2D eigenvalue weighted by atomic mass is 10.1. The highest BCUT2D eigenvalue weighted by molar-refractivity contribution is 4.77. The maximum Gasteiger partial charge on any atom is 0.0652 e. The maximum atomic E-state index is 8.35. The summed E-state index contributed by atoms with van der Waals surface area (Å²) < 4.78 is 0. The highest BCUT2D eigenvalue weighted by Gasteiger charge is 1.96. The summed E-state index contributed by atoms with van der Waals surface area (Å²) in [6.07, 6.45) is 3.13. The van der Waals surface area contributed by atoms with Crippen molar-refractivity contribution in [2.75, 3.05) is 6.54 Å². The first-order valence-electron chi connectivity index (χ1n) is 3.41. The summed E-state index contributed by atoms with van der Waals surface area (Å²) >= 11 is 0. The molecular formula is C7H14N2. The monoisotopic (exact) mass is 126 g/mol. The van der Waals surface area contributed by atoms with Crippen LogP contribution in [0.2, 0.25) is 0 Å². The molecule has 2 nitrogen and oxygen atoms in total. The Kier molecular flexibility index (Phi) is 5.24. The molecule has 1 atom stereocenters. The molecule has 2 N–H and O–H groups in total. The van der Waals surface area contributed by atoms with Crippen LogP contribution in [0.5, 0.6) is 0 Å². The predicted molar refractivity (Wildman–Crippen MR) is 37.7 cm³/mol. The average Bonchev–Trinajstić information content (AvgIpc) is 1.89. The van der Waals surface area contributed by atoms with Gasteiger partial charge in [0.2, 0.25) is 0 Å². The van der Waals surface area contributed by atoms with Crippen molar-refractivity contribution in [2.45, 2.75) is 26.2 Å². The molecule has 0 aromatic heterocycles. The number of rotatable bonds is 4. The Morgan fingerprint density at radius 2 is 2.22 bits per heavy atom. The van der Waals surface area contributed by atoms with Crippen LogP contribution >= 0.6 is 0 Å². The summed E-state index contributed by atoms with van der Waals surface area (Å²) in [6, 6.07) is 2.18. The molecule has 0 aliphatic carbocycles. The van der Waals surface area contributed by atoms with Crippen LogP contribution in [0.4, 0.5) is 0 Å². The normalized spacial score (nSPS) is 12.6. The number of nitriles is 1. The Labute approximate surface area is 56.7 Å². The molecule has 0 radical (unpaired) electrons. The molecule has 9 heavy (non-hydrogen) atoms. The van der Waals surface area contributed by atoms with Crippen molar-refractivity contribution in [2.24, 2.45) is 11.7 Å². The Balaban J connectivity index is 2.99. The number of unbranched alkanes of at least 4 members (excludes halogenated alkanes) is 1. The van der Waals surface area contributed by atoms with Crippen molar-refractivity contribution in [1.29, 1.82) is 5.26 Å². The van der Waals surface area contributed by atoms with E-state index in [0.717, 1.165) is 25.8 Å². The molecule has 0 bridgehead atoms. The first kappa shape index (κ1) is 8.45. The van der Waals surface area contributed by atoms with Crippen LogP contribution in [0, 0.1) is 17.2 Å². The molecule has 0 aromatic rings. The second kappa shape index (κ2) is 5.58. The topological polar surface area (TPSA) is 49.8 Å². The Morgan fingerprint density at radius 1 is 1.56 bits per heavy atom. The molecule has 1 unspecified atom stereocenters. The van der Waals surface area contributed by atoms with Crippen molar-refractivity contribution >= 4 is 0 Å². The molecule has 52 valence electrons. The zero-order valence-corrected chi connectivity index (χ0v) is 5.93. The van der Waals surface area contributed by atoms with Gasteiger partial charge in [0.05, 0.1) is 6.07 Å². The third kappa shape index (κ3) is 5.32. The fourth-order valence-corrected chi connectivity index (χ4v) is 0.659. The quantitative estimate of drug-likeness (QED) is 0.577. The second-order valence-electron chi connectivity index (χ2n) is 2.31. The molecule has 0 aliphatic rings. The first-order chi connectivity index (χ1) is 4.31. The molecule has 0 saturated heterocycles. The minimum atomic E-state index is 0.205. The number of hydrogen-bond donors (Lipinski definition) is 1. The fraction of sp³-hybridized carbons (Fsp3) is 0.857. The van der Waals surface area contributed by atoms with E-state index in [2.05, 4.69) is 6.07 Å². The highest BCUT2D eigenvalue weighted by Crippen LogP contribution is 2.04. The molecule has 0 amide bonds. The van der Waals surface area contributed by atoms with E-state index in [0.29, 0.717) is 0 Å². The fourth-order valence-electron chi connectivity index (χ4n) is 0.659. The summed E-state index contributed by atoms with van der Waals surface area (Å²) in [6.45, 7) is 2.69. The SMILES string of the molecule is CC(C#N)CCCCN. The smallest absolute Gasteiger partial charge is 0.0652 e. The van der Waals surface area contributed by atoms with Gasteiger partial charge in [0.25, 0.3) is 0 Å². The van der Waals surface area contributed by atoms with Crippen molar-refractivity contribution < 1.29 is 0 Å². The van der Waals surface area contributed by atoms with Gasteiger partial charge < -0.3 is 5.73 Å². The van der Waals surface area contributed by atoms with Gasteiger partial charge in [0.15, 0.2) is 0 Å². The van der Waals surface area contributed by atoms with Gasteiger partial charge in [-0.2, -0.15) is 5.26 Å². The molecule has 0 saturated carbocycles. The largest absolute Gasteiger partial charge is 0.330 e. The van der Waals surface area contributed by atoms with E-state index >= 15 is 0 Å². The predicted octanol–water partition coefficient (Wildman–Crippen LogP) is 1.28. The number of nitrogens with two attached hydrogens (primary N) is 1. The molecule has 0 aromatic carbocycles. The minimum absolute atomic E-state index is 0.205. The van der Waals surface area contributed by atoms with Crippen LogP contribution in [0.15, 0.2) is 0 Å². The molecule has 0 fully saturated rings. The minimum Gasteiger partial charge on any atom is -0.330 e. The Morgan fingerprint density at radius 3 is 2.67 bits per heavy atom. The van der Waals surface area contributed by atoms with Gasteiger partial charge in [0.1, 0.15) is 0 Å². The lowest BCUT2D eigenvalue weighted by Crippen LogP contribution is -1.99. The summed E-state index contributed by atoms with van der Waals surface area (Å²) in [5.41, 5.74) is 5.27. The van der Waals surface area contributed by atoms with Crippen molar-refractivity contribution in [1.82, 2.24) is 0 Å². The van der Waals surface area contributed by atoms with Crippen LogP contribution in [-0.4, -0.2) is 6.54 Å². The van der Waals surface area contributed by atoms with Gasteiger partial charge in [-0.1, -0.05) is 6.42 Å². The van der Waals surface area contributed by atoms with Crippen molar-refractivity contribution in [3.05, 3.63) is 0 Å². The van der Waals surface area contributed by atoms with Gasteiger partial charge in [-0.05, 0) is 26.3 Å². The third-order valence-corrected chi connectivity index (χ3v) is 1.31. The molecule has 2 heteroatoms. The van der Waals surface area contributed by atoms with Crippen molar-refractivity contribution in [3.63, 3.8) is 0 Å². The third-order valence-electron chi connectivity index (χ3n) is 1.31. The number of hydrogen-bond acceptors (Lipinski definition) is 2. The van der Waals surface area contributed by atoms with E-state index in [9.17, 15) is 0 Å². The highest BCUT2D eigenvalue weighted by atomic mass is 14.5. The first-order valence-corrected chi connectivity index (χ1v) is 3.41. The van der Waals surface area contributed by atoms with E-state index in [1.807, 2.05) is 6.92 Å². The lowest BCUT2D eigenvalue weighted by Gasteiger charge is -1.98. The van der Waals surface area contributed by atoms with E-state index in [1.165, 1.54) is 0 Å². The standard InChI is InChI=1S/C7H14N2/c1-7(6-9)4-2-3-5-8/h7H,2-5,8H2,1H3. The lowest BCUT2D eigenvalue weighted by molar-refractivity contribution is 0.594. The number of nitrogens with zero attached hydrogens (tertiary/aromatic N) is 1. The molecule has 0 aliphatic heterocycles. The van der Waals surface area contributed by atoms with Gasteiger partial charge >= 0.3 is 0 Å². The molecule has 0 heterocycles. The van der Waals surface area contributed by atoms with Gasteiger partial charge in [-0.15, -0.1) is 0 Å². The summed E-state index contributed by atoms with van der Waals surface area (Å²) in [7, 11) is 0. The Hall–Kier alpha value is -0.550. The molecule has 0 spiro atoms. The van der Waals surface area contributed by atoms with Crippen LogP contribution in [-0.2, 0) is 0 Å². The summed E-state index contributed by atoms with van der Waals surface area (Å²) in [4.78, 5) is 0. The molecular weight excluding hydrogens is 112 g/mol. The zero-order chi connectivity index (χ0) is 7.11. The van der Waals surface area contributed by atoms with Crippen LogP contribution in [0.25, 0.3) is 0 Å². The van der Waals surface area contributed by atoms with Gasteiger partial charge in [-0.25, -0.2) is 0 Å². The van der Waals surface area contributed by atoms with Crippen LogP contribution < -0.4 is 5.73 Å². The second-order valence-corrected chi connectivity index (χ2v) is 2.31. The zero-order valence-electron chi connectivity index (χ0n) is 5.93. The van der Waals surface area contributed by atoms with E-state index in [4.69, 9.17) is 11.0 Å². The van der Waals surface area contributed by atoms with Crippen LogP contribution in [0.3, 0.4) is 0 Å². The van der Waals surface area contributed by atoms with E-state index < -0.39 is 0 Å². The van der Waals surface area contributed by atoms with Crippen LogP contribution in [0.1, 0.15) is 26.2 Å². The van der Waals surface area contributed by atoms with Crippen molar-refractivity contribution in [3.8, 4) is 6.07 Å². The molecule has 0 rings (SSSR count). The summed E-state index contributed by atoms with van der Waals surface area (Å²) in [5.74, 6) is 0.205. The van der Waals surface area contributed by atoms with Gasteiger partial charge in [0, 0.05) is 5.92 Å². The van der Waals surface area contributed by atoms with E-state index in [1.54, 1.807) is 0 Å². The van der Waals surface area contributed by atoms with Gasteiger partial charge in [-0.3, -0.25) is 0 Å². The maximum absolute atomic E-state index is 8.35. The van der Waals surface area contributed by atoms with E-state index in [-0.39, 0.29) is 5.92 Å². The Bertz CT molecular complexity index is 93.6.